The number of hydrogen-bond donors (Lipinski definition) is 0. The fourth-order valence-corrected chi connectivity index (χ4v) is 3.39. The molecule has 0 fully saturated rings. The zero-order chi connectivity index (χ0) is 18.5. The van der Waals surface area contributed by atoms with Gasteiger partial charge in [-0.05, 0) is 35.3 Å². The van der Waals surface area contributed by atoms with Gasteiger partial charge in [-0.25, -0.2) is 16.8 Å². The summed E-state index contributed by atoms with van der Waals surface area (Å²) in [6.45, 7) is 0. The van der Waals surface area contributed by atoms with E-state index in [1.165, 1.54) is 36.4 Å². The van der Waals surface area contributed by atoms with Crippen LogP contribution >= 0.6 is 0 Å². The van der Waals surface area contributed by atoms with E-state index in [0.29, 0.717) is 0 Å². The van der Waals surface area contributed by atoms with Gasteiger partial charge in [-0.3, -0.25) is 0 Å². The second-order valence-corrected chi connectivity index (χ2v) is 7.39. The predicted molar refractivity (Wildman–Crippen MR) is 85.6 cm³/mol. The minimum absolute atomic E-state index is 0.265. The quantitative estimate of drug-likeness (QED) is 0.422. The lowest BCUT2D eigenvalue weighted by atomic mass is 10.3. The van der Waals surface area contributed by atoms with Crippen LogP contribution in [0.3, 0.4) is 0 Å². The van der Waals surface area contributed by atoms with Gasteiger partial charge in [-0.2, -0.15) is 0 Å². The number of para-hydroxylation sites is 2. The Morgan fingerprint density at radius 3 is 1.44 bits per heavy atom. The molecule has 2 aromatic carbocycles. The summed E-state index contributed by atoms with van der Waals surface area (Å²) >= 11 is 0. The van der Waals surface area contributed by atoms with E-state index in [0.717, 1.165) is 12.1 Å². The number of azide groups is 2. The molecule has 2 rings (SSSR count). The van der Waals surface area contributed by atoms with Crippen LogP contribution in [0.4, 0.5) is 0 Å². The lowest BCUT2D eigenvalue weighted by Crippen LogP contribution is -2.02. The normalized spacial score (nSPS) is 11.0. The van der Waals surface area contributed by atoms with Gasteiger partial charge >= 0.3 is 0 Å². The molecular formula is C12H8N6O5S2. The molecule has 0 saturated heterocycles. The van der Waals surface area contributed by atoms with E-state index in [1.54, 1.807) is 0 Å². The van der Waals surface area contributed by atoms with E-state index >= 15 is 0 Å². The van der Waals surface area contributed by atoms with Crippen molar-refractivity contribution in [2.24, 2.45) is 9.04 Å². The maximum Gasteiger partial charge on any atom is 0.268 e. The fraction of sp³-hybridized carbons (Fsp3) is 0. The monoisotopic (exact) mass is 380 g/mol. The summed E-state index contributed by atoms with van der Waals surface area (Å²) in [5.74, 6) is -0.531. The van der Waals surface area contributed by atoms with Crippen molar-refractivity contribution >= 4 is 20.0 Å². The van der Waals surface area contributed by atoms with Crippen molar-refractivity contribution in [3.05, 3.63) is 69.4 Å². The lowest BCUT2D eigenvalue weighted by Gasteiger charge is -2.12. The van der Waals surface area contributed by atoms with Crippen molar-refractivity contribution < 1.29 is 21.6 Å². The van der Waals surface area contributed by atoms with Crippen LogP contribution in [0, 0.1) is 0 Å². The smallest absolute Gasteiger partial charge is 0.268 e. The maximum absolute atomic E-state index is 11.9. The number of rotatable bonds is 6. The summed E-state index contributed by atoms with van der Waals surface area (Å²) in [4.78, 5) is 3.58. The molecule has 0 saturated carbocycles. The Bertz CT molecular complexity index is 1030. The van der Waals surface area contributed by atoms with Gasteiger partial charge in [0.15, 0.2) is 0 Å². The van der Waals surface area contributed by atoms with Crippen LogP contribution in [0.15, 0.2) is 67.4 Å². The Hall–Kier alpha value is -3.24. The molecule has 0 aliphatic heterocycles. The predicted octanol–water partition coefficient (Wildman–Crippen LogP) is 3.48. The van der Waals surface area contributed by atoms with Crippen LogP contribution in [0.2, 0.25) is 0 Å². The first kappa shape index (κ1) is 18.1. The Labute approximate surface area is 141 Å². The van der Waals surface area contributed by atoms with Gasteiger partial charge < -0.3 is 4.74 Å². The molecule has 128 valence electrons. The molecule has 0 heterocycles. The van der Waals surface area contributed by atoms with Crippen molar-refractivity contribution in [3.8, 4) is 11.5 Å². The molecular weight excluding hydrogens is 372 g/mol. The van der Waals surface area contributed by atoms with Gasteiger partial charge in [0.2, 0.25) is 0 Å². The molecule has 0 amide bonds. The summed E-state index contributed by atoms with van der Waals surface area (Å²) in [7, 11) is -8.74. The zero-order valence-corrected chi connectivity index (χ0v) is 13.8. The highest BCUT2D eigenvalue weighted by atomic mass is 32.2. The Morgan fingerprint density at radius 2 is 1.08 bits per heavy atom. The SMILES string of the molecule is [N-]=[N+]=NS(=O)(=O)c1ccccc1Oc1ccccc1S(=O)(=O)N=[N+]=[N-]. The van der Waals surface area contributed by atoms with Crippen molar-refractivity contribution in [3.63, 3.8) is 0 Å². The number of hydrogen-bond acceptors (Lipinski definition) is 5. The molecule has 0 aromatic heterocycles. The number of ether oxygens (including phenoxy) is 1. The largest absolute Gasteiger partial charge is 0.455 e. The van der Waals surface area contributed by atoms with Crippen molar-refractivity contribution in [1.82, 2.24) is 0 Å². The molecule has 0 N–H and O–H groups in total. The van der Waals surface area contributed by atoms with Crippen molar-refractivity contribution in [2.45, 2.75) is 9.79 Å². The average Bonchev–Trinajstić information content (AvgIpc) is 2.55. The van der Waals surface area contributed by atoms with Crippen LogP contribution in [0.5, 0.6) is 11.5 Å². The molecule has 13 heteroatoms. The first-order valence-electron chi connectivity index (χ1n) is 6.30. The zero-order valence-electron chi connectivity index (χ0n) is 12.2. The van der Waals surface area contributed by atoms with Gasteiger partial charge in [0, 0.05) is 18.9 Å². The topological polar surface area (TPSA) is 175 Å². The molecule has 2 aromatic rings. The van der Waals surface area contributed by atoms with Crippen LogP contribution < -0.4 is 4.74 Å². The Balaban J connectivity index is 2.61. The second-order valence-electron chi connectivity index (χ2n) is 4.29. The van der Waals surface area contributed by atoms with Crippen molar-refractivity contribution in [2.75, 3.05) is 0 Å². The van der Waals surface area contributed by atoms with E-state index in [9.17, 15) is 16.8 Å². The number of benzene rings is 2. The molecule has 0 spiro atoms. The van der Waals surface area contributed by atoms with Crippen LogP contribution in [0.1, 0.15) is 0 Å². The van der Waals surface area contributed by atoms with E-state index in [2.05, 4.69) is 18.9 Å². The molecule has 0 unspecified atom stereocenters. The highest BCUT2D eigenvalue weighted by molar-refractivity contribution is 7.90. The van der Waals surface area contributed by atoms with Gasteiger partial charge in [0.25, 0.3) is 20.0 Å². The second kappa shape index (κ2) is 7.11. The average molecular weight is 380 g/mol. The summed E-state index contributed by atoms with van der Waals surface area (Å²) < 4.78 is 58.6. The van der Waals surface area contributed by atoms with Gasteiger partial charge in [0.1, 0.15) is 21.3 Å². The first-order chi connectivity index (χ1) is 11.8. The number of nitrogens with zero attached hydrogens (tertiary/aromatic N) is 6. The van der Waals surface area contributed by atoms with E-state index in [1.807, 2.05) is 0 Å². The first-order valence-corrected chi connectivity index (χ1v) is 9.18. The Morgan fingerprint density at radius 1 is 0.720 bits per heavy atom. The molecule has 0 aliphatic rings. The summed E-state index contributed by atoms with van der Waals surface area (Å²) in [6, 6.07) is 10.4. The minimum Gasteiger partial charge on any atom is -0.455 e. The molecule has 0 atom stereocenters. The van der Waals surface area contributed by atoms with Gasteiger partial charge in [0.05, 0.1) is 0 Å². The molecule has 0 radical (unpaired) electrons. The summed E-state index contributed by atoms with van der Waals surface area (Å²) in [5, 5.41) is 0. The summed E-state index contributed by atoms with van der Waals surface area (Å²) in [5.41, 5.74) is 16.7. The standard InChI is InChI=1S/C12H8N6O5S2/c13-15-17-24(19,20)11-7-3-1-5-9(11)23-10-6-2-4-8-12(10)25(21,22)18-16-14/h1-8H. The molecule has 11 nitrogen and oxygen atoms in total. The molecule has 0 aliphatic carbocycles. The van der Waals surface area contributed by atoms with Crippen LogP contribution in [-0.2, 0) is 20.0 Å². The van der Waals surface area contributed by atoms with Crippen LogP contribution in [-0.4, -0.2) is 16.8 Å². The fourth-order valence-electron chi connectivity index (χ4n) is 1.80. The van der Waals surface area contributed by atoms with E-state index in [4.69, 9.17) is 15.8 Å². The number of sulfonamides is 2. The third kappa shape index (κ3) is 4.00. The van der Waals surface area contributed by atoms with Gasteiger partial charge in [-0.1, -0.05) is 24.3 Å². The van der Waals surface area contributed by atoms with Crippen LogP contribution in [0.25, 0.3) is 20.9 Å². The highest BCUT2D eigenvalue weighted by Gasteiger charge is 2.22. The summed E-state index contributed by atoms with van der Waals surface area (Å²) in [6.07, 6.45) is 0. The highest BCUT2D eigenvalue weighted by Crippen LogP contribution is 2.34. The third-order valence-corrected chi connectivity index (χ3v) is 5.12. The van der Waals surface area contributed by atoms with Crippen molar-refractivity contribution in [1.29, 1.82) is 0 Å². The minimum atomic E-state index is -4.37. The molecule has 25 heavy (non-hydrogen) atoms. The third-order valence-electron chi connectivity index (χ3n) is 2.76. The van der Waals surface area contributed by atoms with E-state index in [-0.39, 0.29) is 11.5 Å². The lowest BCUT2D eigenvalue weighted by molar-refractivity contribution is 0.454. The van der Waals surface area contributed by atoms with E-state index < -0.39 is 29.8 Å². The molecule has 0 bridgehead atoms. The maximum atomic E-state index is 11.9. The van der Waals surface area contributed by atoms with Gasteiger partial charge in [-0.15, -0.1) is 0 Å². The Kier molecular flexibility index (Phi) is 5.15.